The molecule has 1 fully saturated rings. The Bertz CT molecular complexity index is 866. The maximum absolute atomic E-state index is 13.7. The largest absolute Gasteiger partial charge is 0.484 e. The summed E-state index contributed by atoms with van der Waals surface area (Å²) in [5.74, 6) is 0.410. The third-order valence-corrected chi connectivity index (χ3v) is 6.94. The molecule has 4 rings (SSSR count). The first-order chi connectivity index (χ1) is 13.3. The topological polar surface area (TPSA) is 12.5 Å². The van der Waals surface area contributed by atoms with E-state index in [9.17, 15) is 17.6 Å². The number of fused-ring (bicyclic) bond motifs is 2. The summed E-state index contributed by atoms with van der Waals surface area (Å²) in [4.78, 5) is 3.85. The highest BCUT2D eigenvalue weighted by atomic mass is 32.2. The van der Waals surface area contributed by atoms with Crippen molar-refractivity contribution in [3.05, 3.63) is 47.8 Å². The zero-order chi connectivity index (χ0) is 19.9. The standard InChI is InChI=1S/C20H19F4NOS2/c1-25-8-6-12(7-9-25)19-15-11-14(28-20(22,23)24)3-5-17(15)27-18-10-13(21)2-4-16(18)26-19/h2-5,10-12,19H,6-9H2,1H3/t19-/m1/s1. The first-order valence-electron chi connectivity index (χ1n) is 9.01. The summed E-state index contributed by atoms with van der Waals surface area (Å²) in [6.45, 7) is 1.83. The lowest BCUT2D eigenvalue weighted by molar-refractivity contribution is -0.0328. The van der Waals surface area contributed by atoms with Crippen molar-refractivity contribution >= 4 is 23.5 Å². The van der Waals surface area contributed by atoms with Gasteiger partial charge in [-0.3, -0.25) is 0 Å². The number of ether oxygens (including phenoxy) is 1. The van der Waals surface area contributed by atoms with E-state index in [1.54, 1.807) is 18.2 Å². The van der Waals surface area contributed by atoms with E-state index in [2.05, 4.69) is 11.9 Å². The highest BCUT2D eigenvalue weighted by molar-refractivity contribution is 8.00. The summed E-state index contributed by atoms with van der Waals surface area (Å²) < 4.78 is 58.7. The minimum Gasteiger partial charge on any atom is -0.484 e. The molecule has 0 spiro atoms. The second-order valence-electron chi connectivity index (χ2n) is 7.12. The predicted octanol–water partition coefficient (Wildman–Crippen LogP) is 6.36. The molecule has 0 aliphatic carbocycles. The molecule has 2 aromatic rings. The number of benzene rings is 2. The summed E-state index contributed by atoms with van der Waals surface area (Å²) >= 11 is 1.23. The molecular weight excluding hydrogens is 410 g/mol. The van der Waals surface area contributed by atoms with Crippen molar-refractivity contribution in [3.63, 3.8) is 0 Å². The molecule has 150 valence electrons. The number of rotatable bonds is 2. The number of piperidine rings is 1. The number of alkyl halides is 3. The van der Waals surface area contributed by atoms with Gasteiger partial charge < -0.3 is 9.64 Å². The van der Waals surface area contributed by atoms with E-state index in [1.165, 1.54) is 30.0 Å². The summed E-state index contributed by atoms with van der Waals surface area (Å²) in [5.41, 5.74) is -3.59. The number of hydrogen-bond donors (Lipinski definition) is 0. The molecular formula is C20H19F4NOS2. The smallest absolute Gasteiger partial charge is 0.446 e. The molecule has 0 unspecified atom stereocenters. The Morgan fingerprint density at radius 1 is 1.07 bits per heavy atom. The van der Waals surface area contributed by atoms with Crippen molar-refractivity contribution in [3.8, 4) is 5.75 Å². The number of thioether (sulfide) groups is 1. The normalized spacial score (nSPS) is 20.8. The number of nitrogens with zero attached hydrogens (tertiary/aromatic N) is 1. The van der Waals surface area contributed by atoms with Crippen LogP contribution in [-0.2, 0) is 0 Å². The van der Waals surface area contributed by atoms with Gasteiger partial charge in [-0.05, 0) is 81.1 Å². The SMILES string of the molecule is CN1CCC([C@H]2Oc3ccc(F)cc3Sc3ccc(SC(F)(F)F)cc32)CC1. The van der Waals surface area contributed by atoms with Crippen molar-refractivity contribution in [2.45, 2.75) is 39.1 Å². The fourth-order valence-corrected chi connectivity index (χ4v) is 5.34. The van der Waals surface area contributed by atoms with Gasteiger partial charge in [0.1, 0.15) is 17.7 Å². The molecule has 0 bridgehead atoms. The maximum Gasteiger partial charge on any atom is 0.446 e. The van der Waals surface area contributed by atoms with Crippen molar-refractivity contribution in [1.29, 1.82) is 0 Å². The molecule has 1 atom stereocenters. The van der Waals surface area contributed by atoms with Crippen LogP contribution in [0.3, 0.4) is 0 Å². The Labute approximate surface area is 169 Å². The fraction of sp³-hybridized carbons (Fsp3) is 0.400. The van der Waals surface area contributed by atoms with Crippen LogP contribution < -0.4 is 4.74 Å². The van der Waals surface area contributed by atoms with Gasteiger partial charge in [0.2, 0.25) is 0 Å². The predicted molar refractivity (Wildman–Crippen MR) is 102 cm³/mol. The van der Waals surface area contributed by atoms with Gasteiger partial charge in [0.25, 0.3) is 0 Å². The van der Waals surface area contributed by atoms with Crippen LogP contribution in [0.25, 0.3) is 0 Å². The first-order valence-corrected chi connectivity index (χ1v) is 10.6. The van der Waals surface area contributed by atoms with Crippen LogP contribution >= 0.6 is 23.5 Å². The molecule has 0 N–H and O–H groups in total. The molecule has 0 amide bonds. The molecule has 0 radical (unpaired) electrons. The quantitative estimate of drug-likeness (QED) is 0.406. The third-order valence-electron chi connectivity index (χ3n) is 5.09. The molecule has 2 aliphatic rings. The van der Waals surface area contributed by atoms with E-state index in [0.29, 0.717) is 10.6 Å². The van der Waals surface area contributed by atoms with Gasteiger partial charge in [0.15, 0.2) is 0 Å². The molecule has 0 aromatic heterocycles. The molecule has 2 nitrogen and oxygen atoms in total. The summed E-state index contributed by atoms with van der Waals surface area (Å²) in [6, 6.07) is 9.13. The molecule has 2 heterocycles. The Balaban J connectivity index is 1.75. The van der Waals surface area contributed by atoms with Crippen molar-refractivity contribution in [2.75, 3.05) is 20.1 Å². The second-order valence-corrected chi connectivity index (χ2v) is 9.34. The summed E-state index contributed by atoms with van der Waals surface area (Å²) in [5, 5.41) is 0. The van der Waals surface area contributed by atoms with Gasteiger partial charge in [-0.25, -0.2) is 4.39 Å². The monoisotopic (exact) mass is 429 g/mol. The second kappa shape index (κ2) is 7.80. The van der Waals surface area contributed by atoms with E-state index in [-0.39, 0.29) is 34.5 Å². The van der Waals surface area contributed by atoms with Crippen molar-refractivity contribution in [1.82, 2.24) is 4.90 Å². The van der Waals surface area contributed by atoms with Gasteiger partial charge in [-0.1, -0.05) is 11.8 Å². The van der Waals surface area contributed by atoms with Gasteiger partial charge in [-0.15, -0.1) is 0 Å². The zero-order valence-corrected chi connectivity index (χ0v) is 16.8. The lowest BCUT2D eigenvalue weighted by Gasteiger charge is -2.34. The molecule has 2 aliphatic heterocycles. The van der Waals surface area contributed by atoms with Crippen molar-refractivity contribution in [2.24, 2.45) is 5.92 Å². The number of halogens is 4. The fourth-order valence-electron chi connectivity index (χ4n) is 3.70. The third kappa shape index (κ3) is 4.44. The van der Waals surface area contributed by atoms with Crippen LogP contribution in [0.1, 0.15) is 24.5 Å². The minimum absolute atomic E-state index is 0.117. The van der Waals surface area contributed by atoms with Crippen LogP contribution in [0, 0.1) is 11.7 Å². The highest BCUT2D eigenvalue weighted by Gasteiger charge is 2.35. The Hall–Kier alpha value is -1.38. The molecule has 8 heteroatoms. The maximum atomic E-state index is 13.7. The van der Waals surface area contributed by atoms with Crippen LogP contribution in [-0.4, -0.2) is 30.5 Å². The molecule has 0 saturated carbocycles. The average molecular weight is 430 g/mol. The highest BCUT2D eigenvalue weighted by Crippen LogP contribution is 2.49. The average Bonchev–Trinajstić information content (AvgIpc) is 2.77. The Morgan fingerprint density at radius 3 is 2.54 bits per heavy atom. The minimum atomic E-state index is -4.35. The van der Waals surface area contributed by atoms with Gasteiger partial charge >= 0.3 is 5.51 Å². The molecule has 2 aromatic carbocycles. The molecule has 28 heavy (non-hydrogen) atoms. The van der Waals surface area contributed by atoms with Crippen molar-refractivity contribution < 1.29 is 22.3 Å². The lowest BCUT2D eigenvalue weighted by atomic mass is 9.87. The Kier molecular flexibility index (Phi) is 5.55. The first kappa shape index (κ1) is 19.9. The van der Waals surface area contributed by atoms with E-state index < -0.39 is 5.51 Å². The van der Waals surface area contributed by atoms with Crippen LogP contribution in [0.2, 0.25) is 0 Å². The number of hydrogen-bond acceptors (Lipinski definition) is 4. The van der Waals surface area contributed by atoms with Crippen LogP contribution in [0.4, 0.5) is 17.6 Å². The number of likely N-dealkylation sites (tertiary alicyclic amines) is 1. The lowest BCUT2D eigenvalue weighted by Crippen LogP contribution is -2.34. The molecule has 1 saturated heterocycles. The van der Waals surface area contributed by atoms with E-state index in [1.807, 2.05) is 0 Å². The van der Waals surface area contributed by atoms with Crippen LogP contribution in [0.5, 0.6) is 5.75 Å². The van der Waals surface area contributed by atoms with Crippen LogP contribution in [0.15, 0.2) is 51.1 Å². The Morgan fingerprint density at radius 2 is 1.82 bits per heavy atom. The van der Waals surface area contributed by atoms with Gasteiger partial charge in [-0.2, -0.15) is 13.2 Å². The van der Waals surface area contributed by atoms with E-state index in [4.69, 9.17) is 4.74 Å². The van der Waals surface area contributed by atoms with E-state index in [0.717, 1.165) is 36.4 Å². The summed E-state index contributed by atoms with van der Waals surface area (Å²) in [7, 11) is 2.06. The van der Waals surface area contributed by atoms with Gasteiger partial charge in [0, 0.05) is 21.3 Å². The van der Waals surface area contributed by atoms with Gasteiger partial charge in [0.05, 0.1) is 4.90 Å². The summed E-state index contributed by atoms with van der Waals surface area (Å²) in [6.07, 6.45) is 1.45. The zero-order valence-electron chi connectivity index (χ0n) is 15.1. The van der Waals surface area contributed by atoms with E-state index >= 15 is 0 Å².